The molecule has 2 fully saturated rings. The molecule has 2 aromatic heterocycles. The molecular weight excluding hydrogens is 614 g/mol. The highest BCUT2D eigenvalue weighted by Gasteiger charge is 2.35. The van der Waals surface area contributed by atoms with Crippen molar-refractivity contribution in [1.29, 1.82) is 0 Å². The highest BCUT2D eigenvalue weighted by atomic mass is 16.6. The number of likely N-dealkylation sites (tertiary alicyclic amines) is 1. The van der Waals surface area contributed by atoms with Crippen molar-refractivity contribution in [2.75, 3.05) is 39.5 Å². The summed E-state index contributed by atoms with van der Waals surface area (Å²) >= 11 is 0. The zero-order valence-electron chi connectivity index (χ0n) is 28.0. The van der Waals surface area contributed by atoms with Crippen molar-refractivity contribution in [3.63, 3.8) is 0 Å². The van der Waals surface area contributed by atoms with Gasteiger partial charge in [-0.2, -0.15) is 0 Å². The molecule has 11 heteroatoms. The number of fused-ring (bicyclic) bond motifs is 2. The number of aliphatic hydroxyl groups excluding tert-OH is 1. The van der Waals surface area contributed by atoms with Gasteiger partial charge in [0.1, 0.15) is 23.7 Å². The third kappa shape index (κ3) is 8.63. The van der Waals surface area contributed by atoms with Crippen molar-refractivity contribution in [1.82, 2.24) is 15.2 Å². The number of aliphatic hydroxyl groups is 2. The minimum Gasteiger partial charge on any atom is -0.493 e. The van der Waals surface area contributed by atoms with Crippen molar-refractivity contribution in [2.45, 2.75) is 83.1 Å². The van der Waals surface area contributed by atoms with Gasteiger partial charge in [-0.1, -0.05) is 13.0 Å². The lowest BCUT2D eigenvalue weighted by atomic mass is 9.80. The number of hydrogen-bond donors (Lipinski definition) is 4. The standard InChI is InChI=1S/C37H49N3O8/c1-3-44-18-5-19-45-28-8-9-29-26(24-47-34(29)20-28)23-46-33-7-4-6-31-30(33)21-35(39-31)48-36(42)38-27-10-13-37(43,14-11-27)15-17-40-16-12-32(41)25(2)22-40/h4,6-9,20-21,24-25,27,32,39,41,43H,3,5,10-19,22-23H2,1-2H3,(H,38,42)/t25-,27?,32-,37?/m0/s1. The van der Waals surface area contributed by atoms with Gasteiger partial charge in [-0.25, -0.2) is 4.79 Å². The van der Waals surface area contributed by atoms with Crippen molar-refractivity contribution >= 4 is 28.0 Å². The molecule has 0 unspecified atom stereocenters. The molecule has 260 valence electrons. The molecule has 0 spiro atoms. The average molecular weight is 664 g/mol. The number of carbonyl (C=O) groups is 1. The molecule has 2 aromatic carbocycles. The second-order valence-corrected chi connectivity index (χ2v) is 13.4. The maximum absolute atomic E-state index is 12.8. The van der Waals surface area contributed by atoms with Crippen LogP contribution in [0.3, 0.4) is 0 Å². The predicted molar refractivity (Wildman–Crippen MR) is 183 cm³/mol. The van der Waals surface area contributed by atoms with E-state index in [1.807, 2.05) is 43.3 Å². The highest BCUT2D eigenvalue weighted by Crippen LogP contribution is 2.34. The lowest BCUT2D eigenvalue weighted by Gasteiger charge is -2.39. The normalized spacial score (nSPS) is 23.4. The molecule has 11 nitrogen and oxygen atoms in total. The summed E-state index contributed by atoms with van der Waals surface area (Å²) in [5.74, 6) is 1.99. The summed E-state index contributed by atoms with van der Waals surface area (Å²) in [5, 5.41) is 25.9. The molecule has 2 atom stereocenters. The largest absolute Gasteiger partial charge is 0.493 e. The molecule has 0 bridgehead atoms. The van der Waals surface area contributed by atoms with Gasteiger partial charge < -0.3 is 48.8 Å². The molecule has 0 radical (unpaired) electrons. The number of furan rings is 1. The number of aromatic amines is 1. The molecule has 1 saturated carbocycles. The van der Waals surface area contributed by atoms with Crippen LogP contribution >= 0.6 is 0 Å². The van der Waals surface area contributed by atoms with Gasteiger partial charge in [0.15, 0.2) is 0 Å². The molecule has 48 heavy (non-hydrogen) atoms. The number of rotatable bonds is 14. The van der Waals surface area contributed by atoms with Gasteiger partial charge in [0.2, 0.25) is 5.88 Å². The molecule has 6 rings (SSSR count). The Bertz CT molecular complexity index is 1640. The summed E-state index contributed by atoms with van der Waals surface area (Å²) in [4.78, 5) is 18.3. The van der Waals surface area contributed by atoms with E-state index in [9.17, 15) is 15.0 Å². The topological polar surface area (TPSA) is 139 Å². The molecule has 3 heterocycles. The van der Waals surface area contributed by atoms with Crippen molar-refractivity contribution in [2.24, 2.45) is 5.92 Å². The fraction of sp³-hybridized carbons (Fsp3) is 0.541. The van der Waals surface area contributed by atoms with Gasteiger partial charge in [0.25, 0.3) is 0 Å². The quantitative estimate of drug-likeness (QED) is 0.117. The van der Waals surface area contributed by atoms with Crippen LogP contribution in [0.2, 0.25) is 0 Å². The zero-order valence-corrected chi connectivity index (χ0v) is 28.0. The molecule has 1 saturated heterocycles. The average Bonchev–Trinajstić information content (AvgIpc) is 3.69. The number of H-pyrrole nitrogens is 1. The SMILES string of the molecule is CCOCCCOc1ccc2c(COc3cccc4[nH]c(OC(=O)NC5CCC(O)(CCN6CC[C@H](O)[C@@H](C)C6)CC5)cc34)coc2c1. The van der Waals surface area contributed by atoms with E-state index in [0.717, 1.165) is 65.7 Å². The van der Waals surface area contributed by atoms with Gasteiger partial charge in [0.05, 0.1) is 30.1 Å². The smallest absolute Gasteiger partial charge is 0.414 e. The van der Waals surface area contributed by atoms with Crippen LogP contribution in [0, 0.1) is 5.92 Å². The number of carbonyl (C=O) groups excluding carboxylic acids is 1. The summed E-state index contributed by atoms with van der Waals surface area (Å²) in [5.41, 5.74) is 1.71. The lowest BCUT2D eigenvalue weighted by Crippen LogP contribution is -2.47. The number of benzene rings is 2. The summed E-state index contributed by atoms with van der Waals surface area (Å²) in [7, 11) is 0. The molecule has 2 aliphatic rings. The highest BCUT2D eigenvalue weighted by molar-refractivity contribution is 5.88. The Morgan fingerprint density at radius 2 is 1.96 bits per heavy atom. The summed E-state index contributed by atoms with van der Waals surface area (Å²) in [6.45, 7) is 8.87. The van der Waals surface area contributed by atoms with Gasteiger partial charge in [0, 0.05) is 73.8 Å². The minimum absolute atomic E-state index is 0.0565. The second kappa shape index (κ2) is 15.6. The van der Waals surface area contributed by atoms with Crippen LogP contribution in [0.5, 0.6) is 17.4 Å². The number of hydrogen-bond acceptors (Lipinski definition) is 9. The van der Waals surface area contributed by atoms with Gasteiger partial charge in [-0.05, 0) is 75.6 Å². The van der Waals surface area contributed by atoms with Crippen molar-refractivity contribution < 1.29 is 38.4 Å². The first-order valence-electron chi connectivity index (χ1n) is 17.3. The third-order valence-corrected chi connectivity index (χ3v) is 9.79. The van der Waals surface area contributed by atoms with E-state index >= 15 is 0 Å². The van der Waals surface area contributed by atoms with E-state index in [1.165, 1.54) is 0 Å². The lowest BCUT2D eigenvalue weighted by molar-refractivity contribution is -0.0271. The monoisotopic (exact) mass is 663 g/mol. The summed E-state index contributed by atoms with van der Waals surface area (Å²) in [6, 6.07) is 13.2. The number of nitrogens with one attached hydrogen (secondary N) is 2. The van der Waals surface area contributed by atoms with Crippen LogP contribution < -0.4 is 19.5 Å². The molecular formula is C37H49N3O8. The Hall–Kier alpha value is -3.77. The molecule has 1 aliphatic carbocycles. The van der Waals surface area contributed by atoms with Crippen LogP contribution in [-0.2, 0) is 11.3 Å². The first-order valence-corrected chi connectivity index (χ1v) is 17.3. The van der Waals surface area contributed by atoms with Crippen LogP contribution in [0.15, 0.2) is 53.1 Å². The van der Waals surface area contributed by atoms with Crippen LogP contribution in [0.1, 0.15) is 64.4 Å². The number of piperidine rings is 1. The zero-order chi connectivity index (χ0) is 33.5. The molecule has 1 amide bonds. The third-order valence-electron chi connectivity index (χ3n) is 9.79. The van der Waals surface area contributed by atoms with Crippen LogP contribution in [0.25, 0.3) is 21.9 Å². The number of nitrogens with zero attached hydrogens (tertiary/aromatic N) is 1. The maximum Gasteiger partial charge on any atom is 0.414 e. The van der Waals surface area contributed by atoms with Crippen LogP contribution in [-0.4, -0.2) is 83.4 Å². The number of amides is 1. The second-order valence-electron chi connectivity index (χ2n) is 13.4. The summed E-state index contributed by atoms with van der Waals surface area (Å²) < 4.78 is 28.8. The minimum atomic E-state index is -0.723. The Balaban J connectivity index is 0.974. The first kappa shape index (κ1) is 34.1. The molecule has 1 aliphatic heterocycles. The fourth-order valence-corrected chi connectivity index (χ4v) is 6.83. The summed E-state index contributed by atoms with van der Waals surface area (Å²) in [6.07, 6.45) is 5.91. The van der Waals surface area contributed by atoms with E-state index in [1.54, 1.807) is 12.3 Å². The van der Waals surface area contributed by atoms with E-state index < -0.39 is 11.7 Å². The number of ether oxygens (including phenoxy) is 4. The fourth-order valence-electron chi connectivity index (χ4n) is 6.83. The van der Waals surface area contributed by atoms with E-state index in [2.05, 4.69) is 22.1 Å². The van der Waals surface area contributed by atoms with E-state index in [0.29, 0.717) is 70.2 Å². The van der Waals surface area contributed by atoms with Gasteiger partial charge >= 0.3 is 6.09 Å². The van der Waals surface area contributed by atoms with Gasteiger partial charge in [-0.15, -0.1) is 0 Å². The van der Waals surface area contributed by atoms with Crippen molar-refractivity contribution in [3.8, 4) is 17.4 Å². The van der Waals surface area contributed by atoms with E-state index in [-0.39, 0.29) is 18.1 Å². The van der Waals surface area contributed by atoms with Gasteiger partial charge in [-0.3, -0.25) is 0 Å². The molecule has 4 N–H and O–H groups in total. The predicted octanol–water partition coefficient (Wildman–Crippen LogP) is 6.15. The molecule has 4 aromatic rings. The van der Waals surface area contributed by atoms with Crippen LogP contribution in [0.4, 0.5) is 4.79 Å². The Labute approximate surface area is 281 Å². The maximum atomic E-state index is 12.8. The first-order chi connectivity index (χ1) is 23.3. The Morgan fingerprint density at radius 3 is 2.77 bits per heavy atom. The Morgan fingerprint density at radius 1 is 1.10 bits per heavy atom. The number of aromatic nitrogens is 1. The van der Waals surface area contributed by atoms with E-state index in [4.69, 9.17) is 23.4 Å². The van der Waals surface area contributed by atoms with Crippen molar-refractivity contribution in [3.05, 3.63) is 54.3 Å². The Kier molecular flexibility index (Phi) is 11.1.